The summed E-state index contributed by atoms with van der Waals surface area (Å²) in [5.41, 5.74) is -0.796. The van der Waals surface area contributed by atoms with Gasteiger partial charge in [-0.05, 0) is 32.6 Å². The van der Waals surface area contributed by atoms with Gasteiger partial charge in [0.2, 0.25) is 0 Å². The zero-order valence-electron chi connectivity index (χ0n) is 9.34. The molecule has 1 N–H and O–H groups in total. The molecule has 0 heterocycles. The van der Waals surface area contributed by atoms with Gasteiger partial charge in [0.15, 0.2) is 0 Å². The van der Waals surface area contributed by atoms with Crippen LogP contribution in [0.3, 0.4) is 0 Å². The molecule has 2 heteroatoms. The van der Waals surface area contributed by atoms with E-state index in [4.69, 9.17) is 0 Å². The molecule has 14 heavy (non-hydrogen) atoms. The van der Waals surface area contributed by atoms with Gasteiger partial charge < -0.3 is 5.11 Å². The number of rotatable bonds is 3. The van der Waals surface area contributed by atoms with Crippen molar-refractivity contribution in [1.82, 2.24) is 0 Å². The molecule has 0 saturated heterocycles. The molecule has 1 aliphatic rings. The lowest BCUT2D eigenvalue weighted by atomic mass is 9.60. The number of allylic oxidation sites excluding steroid dienone is 2. The Morgan fingerprint density at radius 1 is 1.64 bits per heavy atom. The molecule has 80 valence electrons. The summed E-state index contributed by atoms with van der Waals surface area (Å²) in [6.07, 6.45) is 8.10. The standard InChI is InChI=1S/C12H20O2/c1-4-12(3,10(13)14)11(2)8-6-5-7-9-11/h6,8H,4-5,7,9H2,1-3H3,(H,13,14)/t11-,12+/m1/s1. The van der Waals surface area contributed by atoms with Crippen molar-refractivity contribution < 1.29 is 9.90 Å². The molecule has 0 spiro atoms. The van der Waals surface area contributed by atoms with E-state index in [1.165, 1.54) is 0 Å². The average molecular weight is 196 g/mol. The van der Waals surface area contributed by atoms with Crippen LogP contribution in [-0.4, -0.2) is 11.1 Å². The van der Waals surface area contributed by atoms with Gasteiger partial charge in [0.1, 0.15) is 0 Å². The third-order valence-electron chi connectivity index (χ3n) is 3.99. The third kappa shape index (κ3) is 1.58. The maximum atomic E-state index is 11.3. The number of carboxylic acids is 1. The Hall–Kier alpha value is -0.790. The molecule has 0 radical (unpaired) electrons. The summed E-state index contributed by atoms with van der Waals surface area (Å²) in [6, 6.07) is 0. The maximum absolute atomic E-state index is 11.3. The molecule has 0 aromatic heterocycles. The Labute approximate surface area is 86.0 Å². The molecule has 2 atom stereocenters. The zero-order valence-corrected chi connectivity index (χ0v) is 9.34. The first-order chi connectivity index (χ1) is 6.46. The highest BCUT2D eigenvalue weighted by molar-refractivity contribution is 5.75. The van der Waals surface area contributed by atoms with Gasteiger partial charge in [0.05, 0.1) is 5.41 Å². The van der Waals surface area contributed by atoms with E-state index >= 15 is 0 Å². The van der Waals surface area contributed by atoms with Crippen molar-refractivity contribution in [1.29, 1.82) is 0 Å². The summed E-state index contributed by atoms with van der Waals surface area (Å²) in [4.78, 5) is 11.3. The van der Waals surface area contributed by atoms with Gasteiger partial charge in [0, 0.05) is 5.41 Å². The van der Waals surface area contributed by atoms with E-state index in [2.05, 4.69) is 19.1 Å². The van der Waals surface area contributed by atoms with Gasteiger partial charge in [-0.25, -0.2) is 0 Å². The van der Waals surface area contributed by atoms with E-state index in [0.717, 1.165) is 19.3 Å². The number of carbonyl (C=O) groups is 1. The van der Waals surface area contributed by atoms with E-state index in [-0.39, 0.29) is 5.41 Å². The molecular formula is C12H20O2. The second kappa shape index (κ2) is 3.76. The van der Waals surface area contributed by atoms with Crippen molar-refractivity contribution in [2.24, 2.45) is 10.8 Å². The lowest BCUT2D eigenvalue weighted by Crippen LogP contribution is -2.43. The fraction of sp³-hybridized carbons (Fsp3) is 0.750. The zero-order chi connectivity index (χ0) is 10.8. The van der Waals surface area contributed by atoms with E-state index in [0.29, 0.717) is 6.42 Å². The highest BCUT2D eigenvalue weighted by Gasteiger charge is 2.47. The molecule has 0 unspecified atom stereocenters. The fourth-order valence-electron chi connectivity index (χ4n) is 2.27. The van der Waals surface area contributed by atoms with Crippen LogP contribution in [0.1, 0.15) is 46.5 Å². The van der Waals surface area contributed by atoms with Crippen molar-refractivity contribution >= 4 is 5.97 Å². The average Bonchev–Trinajstić information content (AvgIpc) is 2.17. The molecular weight excluding hydrogens is 176 g/mol. The minimum Gasteiger partial charge on any atom is -0.481 e. The Morgan fingerprint density at radius 2 is 2.29 bits per heavy atom. The monoisotopic (exact) mass is 196 g/mol. The lowest BCUT2D eigenvalue weighted by Gasteiger charge is -2.42. The van der Waals surface area contributed by atoms with Crippen LogP contribution >= 0.6 is 0 Å². The first-order valence-electron chi connectivity index (χ1n) is 5.37. The molecule has 0 saturated carbocycles. The second-order valence-corrected chi connectivity index (χ2v) is 4.70. The molecule has 0 aromatic rings. The topological polar surface area (TPSA) is 37.3 Å². The fourth-order valence-corrected chi connectivity index (χ4v) is 2.27. The van der Waals surface area contributed by atoms with Crippen LogP contribution in [0.5, 0.6) is 0 Å². The Morgan fingerprint density at radius 3 is 2.64 bits per heavy atom. The van der Waals surface area contributed by atoms with Crippen LogP contribution in [-0.2, 0) is 4.79 Å². The van der Waals surface area contributed by atoms with E-state index < -0.39 is 11.4 Å². The maximum Gasteiger partial charge on any atom is 0.310 e. The van der Waals surface area contributed by atoms with Crippen molar-refractivity contribution in [2.75, 3.05) is 0 Å². The largest absolute Gasteiger partial charge is 0.481 e. The van der Waals surface area contributed by atoms with Crippen molar-refractivity contribution in [3.8, 4) is 0 Å². The SMILES string of the molecule is CC[C@@](C)(C(=O)O)[C@]1(C)C=CCCC1. The van der Waals surface area contributed by atoms with Crippen LogP contribution in [0, 0.1) is 10.8 Å². The molecule has 0 aliphatic heterocycles. The lowest BCUT2D eigenvalue weighted by molar-refractivity contribution is -0.154. The highest BCUT2D eigenvalue weighted by Crippen LogP contribution is 2.48. The van der Waals surface area contributed by atoms with Crippen LogP contribution in [0.4, 0.5) is 0 Å². The summed E-state index contributed by atoms with van der Waals surface area (Å²) in [5.74, 6) is -0.672. The van der Waals surface area contributed by atoms with Crippen LogP contribution in [0.25, 0.3) is 0 Å². The van der Waals surface area contributed by atoms with Crippen molar-refractivity contribution in [3.63, 3.8) is 0 Å². The van der Waals surface area contributed by atoms with Gasteiger partial charge in [0.25, 0.3) is 0 Å². The molecule has 0 aromatic carbocycles. The minimum absolute atomic E-state index is 0.175. The first-order valence-corrected chi connectivity index (χ1v) is 5.37. The predicted octanol–water partition coefficient (Wildman–Crippen LogP) is 3.23. The molecule has 1 aliphatic carbocycles. The van der Waals surface area contributed by atoms with E-state index in [9.17, 15) is 9.90 Å². The summed E-state index contributed by atoms with van der Waals surface area (Å²) in [5, 5.41) is 9.32. The first kappa shape index (κ1) is 11.3. The van der Waals surface area contributed by atoms with Crippen LogP contribution in [0.2, 0.25) is 0 Å². The van der Waals surface area contributed by atoms with E-state index in [1.807, 2.05) is 13.8 Å². The van der Waals surface area contributed by atoms with Gasteiger partial charge >= 0.3 is 5.97 Å². The molecule has 2 nitrogen and oxygen atoms in total. The Bertz CT molecular complexity index is 257. The summed E-state index contributed by atoms with van der Waals surface area (Å²) < 4.78 is 0. The highest BCUT2D eigenvalue weighted by atomic mass is 16.4. The number of hydrogen-bond donors (Lipinski definition) is 1. The number of carboxylic acid groups (broad SMARTS) is 1. The van der Waals surface area contributed by atoms with Crippen molar-refractivity contribution in [2.45, 2.75) is 46.5 Å². The number of aliphatic carboxylic acids is 1. The molecule has 0 bridgehead atoms. The Kier molecular flexibility index (Phi) is 3.03. The molecule has 1 rings (SSSR count). The normalized spacial score (nSPS) is 31.1. The predicted molar refractivity (Wildman–Crippen MR) is 57.1 cm³/mol. The molecule has 0 amide bonds. The Balaban J connectivity index is 3.03. The summed E-state index contributed by atoms with van der Waals surface area (Å²) >= 11 is 0. The third-order valence-corrected chi connectivity index (χ3v) is 3.99. The van der Waals surface area contributed by atoms with Gasteiger partial charge in [-0.15, -0.1) is 0 Å². The van der Waals surface area contributed by atoms with Crippen molar-refractivity contribution in [3.05, 3.63) is 12.2 Å². The molecule has 0 fully saturated rings. The number of hydrogen-bond acceptors (Lipinski definition) is 1. The smallest absolute Gasteiger partial charge is 0.310 e. The summed E-state index contributed by atoms with van der Waals surface area (Å²) in [6.45, 7) is 5.90. The minimum atomic E-state index is -0.672. The van der Waals surface area contributed by atoms with E-state index in [1.54, 1.807) is 0 Å². The van der Waals surface area contributed by atoms with Gasteiger partial charge in [-0.3, -0.25) is 4.79 Å². The quantitative estimate of drug-likeness (QED) is 0.703. The van der Waals surface area contributed by atoms with Crippen LogP contribution < -0.4 is 0 Å². The second-order valence-electron chi connectivity index (χ2n) is 4.70. The van der Waals surface area contributed by atoms with Crippen LogP contribution in [0.15, 0.2) is 12.2 Å². The van der Waals surface area contributed by atoms with Gasteiger partial charge in [-0.2, -0.15) is 0 Å². The van der Waals surface area contributed by atoms with Gasteiger partial charge in [-0.1, -0.05) is 26.0 Å². The summed E-state index contributed by atoms with van der Waals surface area (Å²) in [7, 11) is 0.